The van der Waals surface area contributed by atoms with Crippen LogP contribution in [0.5, 0.6) is 0 Å². The molecular weight excluding hydrogens is 258 g/mol. The molecule has 0 rings (SSSR count). The van der Waals surface area contributed by atoms with E-state index in [2.05, 4.69) is 11.8 Å². The van der Waals surface area contributed by atoms with Gasteiger partial charge in [0.1, 0.15) is 0 Å². The summed E-state index contributed by atoms with van der Waals surface area (Å²) in [6.45, 7) is 7.86. The summed E-state index contributed by atoms with van der Waals surface area (Å²) in [5.74, 6) is -0.0866. The van der Waals surface area contributed by atoms with E-state index in [-0.39, 0.29) is 5.97 Å². The Balaban J connectivity index is 3.80. The van der Waals surface area contributed by atoms with Gasteiger partial charge in [-0.2, -0.15) is 0 Å². The molecule has 1 unspecified atom stereocenters. The van der Waals surface area contributed by atoms with Crippen LogP contribution < -0.4 is 0 Å². The van der Waals surface area contributed by atoms with Crippen LogP contribution in [0, 0.1) is 0 Å². The fourth-order valence-electron chi connectivity index (χ4n) is 2.10. The summed E-state index contributed by atoms with van der Waals surface area (Å²) in [5.41, 5.74) is 0. The van der Waals surface area contributed by atoms with Gasteiger partial charge in [0, 0.05) is 33.2 Å². The Hall–Kier alpha value is -0.650. The van der Waals surface area contributed by atoms with E-state index in [0.717, 1.165) is 45.6 Å². The smallest absolute Gasteiger partial charge is 0.305 e. The molecule has 0 aromatic carbocycles. The lowest BCUT2D eigenvalue weighted by atomic mass is 10.1. The van der Waals surface area contributed by atoms with Crippen molar-refractivity contribution >= 4 is 5.97 Å². The van der Waals surface area contributed by atoms with Crippen LogP contribution in [0.4, 0.5) is 0 Å². The van der Waals surface area contributed by atoms with Gasteiger partial charge in [-0.15, -0.1) is 0 Å². The predicted octanol–water partition coefficient (Wildman–Crippen LogP) is 2.09. The van der Waals surface area contributed by atoms with E-state index in [0.29, 0.717) is 19.1 Å². The molecule has 5 heteroatoms. The minimum atomic E-state index is -0.0866. The zero-order valence-electron chi connectivity index (χ0n) is 13.5. The Morgan fingerprint density at radius 3 is 2.45 bits per heavy atom. The molecule has 0 aromatic heterocycles. The molecular formula is C15H31NO4. The summed E-state index contributed by atoms with van der Waals surface area (Å²) in [7, 11) is 3.45. The van der Waals surface area contributed by atoms with Crippen molar-refractivity contribution in [2.24, 2.45) is 0 Å². The highest BCUT2D eigenvalue weighted by atomic mass is 16.5. The lowest BCUT2D eigenvalue weighted by molar-refractivity contribution is -0.143. The first kappa shape index (κ1) is 19.4. The van der Waals surface area contributed by atoms with Gasteiger partial charge in [-0.3, -0.25) is 9.69 Å². The molecule has 0 saturated carbocycles. The molecule has 0 N–H and O–H groups in total. The maximum Gasteiger partial charge on any atom is 0.305 e. The zero-order valence-corrected chi connectivity index (χ0v) is 13.5. The quantitative estimate of drug-likeness (QED) is 0.384. The summed E-state index contributed by atoms with van der Waals surface area (Å²) >= 11 is 0. The fraction of sp³-hybridized carbons (Fsp3) is 0.933. The number of nitrogens with zero attached hydrogens (tertiary/aromatic N) is 1. The Kier molecular flexibility index (Phi) is 12.9. The average molecular weight is 289 g/mol. The summed E-state index contributed by atoms with van der Waals surface area (Å²) in [4.78, 5) is 13.6. The summed E-state index contributed by atoms with van der Waals surface area (Å²) in [6.07, 6.45) is 3.55. The molecule has 120 valence electrons. The Morgan fingerprint density at radius 2 is 1.85 bits per heavy atom. The lowest BCUT2D eigenvalue weighted by Crippen LogP contribution is -2.39. The van der Waals surface area contributed by atoms with Crippen molar-refractivity contribution in [1.29, 1.82) is 0 Å². The van der Waals surface area contributed by atoms with Gasteiger partial charge in [-0.05, 0) is 33.2 Å². The largest absolute Gasteiger partial charge is 0.466 e. The predicted molar refractivity (Wildman–Crippen MR) is 79.9 cm³/mol. The molecule has 0 aliphatic heterocycles. The van der Waals surface area contributed by atoms with E-state index < -0.39 is 0 Å². The van der Waals surface area contributed by atoms with Crippen molar-refractivity contribution < 1.29 is 19.0 Å². The van der Waals surface area contributed by atoms with E-state index in [1.807, 2.05) is 6.92 Å². The van der Waals surface area contributed by atoms with Crippen LogP contribution >= 0.6 is 0 Å². The van der Waals surface area contributed by atoms with Gasteiger partial charge in [0.25, 0.3) is 0 Å². The number of carbonyl (C=O) groups excluding carboxylic acids is 1. The van der Waals surface area contributed by atoms with Gasteiger partial charge in [0.15, 0.2) is 0 Å². The highest BCUT2D eigenvalue weighted by molar-refractivity contribution is 5.69. The Morgan fingerprint density at radius 1 is 1.10 bits per heavy atom. The summed E-state index contributed by atoms with van der Waals surface area (Å²) < 4.78 is 15.3. The van der Waals surface area contributed by atoms with Crippen LogP contribution in [0.25, 0.3) is 0 Å². The standard InChI is InChI=1S/C15H31NO4/c1-5-20-15(17)9-7-6-8-10-16(11-12-18-3)14(2)13-19-4/h14H,5-13H2,1-4H3. The lowest BCUT2D eigenvalue weighted by Gasteiger charge is -2.28. The maximum absolute atomic E-state index is 11.2. The number of hydrogen-bond acceptors (Lipinski definition) is 5. The highest BCUT2D eigenvalue weighted by Crippen LogP contribution is 2.06. The van der Waals surface area contributed by atoms with Crippen molar-refractivity contribution in [3.8, 4) is 0 Å². The van der Waals surface area contributed by atoms with E-state index in [4.69, 9.17) is 14.2 Å². The van der Waals surface area contributed by atoms with Crippen LogP contribution in [0.2, 0.25) is 0 Å². The average Bonchev–Trinajstić information content (AvgIpc) is 2.42. The molecule has 0 aliphatic carbocycles. The number of unbranched alkanes of at least 4 members (excludes halogenated alkanes) is 2. The second kappa shape index (κ2) is 13.3. The second-order valence-corrected chi connectivity index (χ2v) is 4.95. The Bertz CT molecular complexity index is 236. The number of methoxy groups -OCH3 is 2. The molecule has 0 saturated heterocycles. The number of ether oxygens (including phenoxy) is 3. The molecule has 0 amide bonds. The molecule has 0 bridgehead atoms. The molecule has 0 heterocycles. The third-order valence-corrected chi connectivity index (χ3v) is 3.25. The molecule has 0 spiro atoms. The molecule has 0 radical (unpaired) electrons. The van der Waals surface area contributed by atoms with Gasteiger partial charge in [0.2, 0.25) is 0 Å². The van der Waals surface area contributed by atoms with Crippen molar-refractivity contribution in [2.45, 2.75) is 45.6 Å². The SMILES string of the molecule is CCOC(=O)CCCCCN(CCOC)C(C)COC. The van der Waals surface area contributed by atoms with E-state index in [1.165, 1.54) is 0 Å². The van der Waals surface area contributed by atoms with Gasteiger partial charge in [-0.25, -0.2) is 0 Å². The van der Waals surface area contributed by atoms with Gasteiger partial charge in [-0.1, -0.05) is 6.42 Å². The zero-order chi connectivity index (χ0) is 15.2. The van der Waals surface area contributed by atoms with Crippen LogP contribution in [0.1, 0.15) is 39.5 Å². The number of rotatable bonds is 13. The molecule has 5 nitrogen and oxygen atoms in total. The van der Waals surface area contributed by atoms with Crippen LogP contribution in [0.3, 0.4) is 0 Å². The first-order valence-corrected chi connectivity index (χ1v) is 7.53. The monoisotopic (exact) mass is 289 g/mol. The normalized spacial score (nSPS) is 12.7. The Labute approximate surface area is 123 Å². The first-order valence-electron chi connectivity index (χ1n) is 7.53. The summed E-state index contributed by atoms with van der Waals surface area (Å²) in [6, 6.07) is 0.389. The van der Waals surface area contributed by atoms with Crippen LogP contribution in [-0.2, 0) is 19.0 Å². The molecule has 1 atom stereocenters. The van der Waals surface area contributed by atoms with Crippen LogP contribution in [0.15, 0.2) is 0 Å². The van der Waals surface area contributed by atoms with Gasteiger partial charge < -0.3 is 14.2 Å². The van der Waals surface area contributed by atoms with Gasteiger partial charge in [0.05, 0.1) is 19.8 Å². The van der Waals surface area contributed by atoms with E-state index in [1.54, 1.807) is 14.2 Å². The molecule has 20 heavy (non-hydrogen) atoms. The third-order valence-electron chi connectivity index (χ3n) is 3.25. The first-order chi connectivity index (χ1) is 9.65. The van der Waals surface area contributed by atoms with Crippen molar-refractivity contribution in [3.63, 3.8) is 0 Å². The van der Waals surface area contributed by atoms with Crippen molar-refractivity contribution in [1.82, 2.24) is 4.90 Å². The topological polar surface area (TPSA) is 48.0 Å². The number of carbonyl (C=O) groups is 1. The maximum atomic E-state index is 11.2. The molecule has 0 aromatic rings. The minimum absolute atomic E-state index is 0.0866. The van der Waals surface area contributed by atoms with Crippen molar-refractivity contribution in [3.05, 3.63) is 0 Å². The summed E-state index contributed by atoms with van der Waals surface area (Å²) in [5, 5.41) is 0. The highest BCUT2D eigenvalue weighted by Gasteiger charge is 2.13. The van der Waals surface area contributed by atoms with Crippen LogP contribution in [-0.4, -0.2) is 64.0 Å². The van der Waals surface area contributed by atoms with E-state index >= 15 is 0 Å². The number of esters is 1. The van der Waals surface area contributed by atoms with E-state index in [9.17, 15) is 4.79 Å². The minimum Gasteiger partial charge on any atom is -0.466 e. The molecule has 0 aliphatic rings. The second-order valence-electron chi connectivity index (χ2n) is 4.95. The molecule has 0 fully saturated rings. The van der Waals surface area contributed by atoms with Crippen molar-refractivity contribution in [2.75, 3.05) is 47.1 Å². The third kappa shape index (κ3) is 10.2. The number of hydrogen-bond donors (Lipinski definition) is 0. The van der Waals surface area contributed by atoms with Gasteiger partial charge >= 0.3 is 5.97 Å². The fourth-order valence-corrected chi connectivity index (χ4v) is 2.10.